The van der Waals surface area contributed by atoms with Gasteiger partial charge in [-0.25, -0.2) is 0 Å². The van der Waals surface area contributed by atoms with Crippen LogP contribution in [0.25, 0.3) is 0 Å². The normalized spacial score (nSPS) is 17.2. The van der Waals surface area contributed by atoms with Crippen molar-refractivity contribution >= 4 is 16.3 Å². The molecule has 5 nitrogen and oxygen atoms in total. The molecule has 0 unspecified atom stereocenters. The van der Waals surface area contributed by atoms with Crippen LogP contribution < -0.4 is 5.32 Å². The van der Waals surface area contributed by atoms with Crippen LogP contribution in [0.5, 0.6) is 0 Å². The highest BCUT2D eigenvalue weighted by Gasteiger charge is 2.48. The Morgan fingerprint density at radius 1 is 1.50 bits per heavy atom. The molecule has 0 amide bonds. The van der Waals surface area contributed by atoms with Gasteiger partial charge in [0.1, 0.15) is 6.67 Å². The highest BCUT2D eigenvalue weighted by atomic mass is 32.2. The molecule has 0 radical (unpaired) electrons. The highest BCUT2D eigenvalue weighted by Crippen LogP contribution is 2.25. The lowest BCUT2D eigenvalue weighted by Gasteiger charge is -2.13. The van der Waals surface area contributed by atoms with Gasteiger partial charge >= 0.3 is 15.6 Å². The third-order valence-corrected chi connectivity index (χ3v) is 2.12. The van der Waals surface area contributed by atoms with Crippen LogP contribution in [0.4, 0.5) is 13.2 Å². The lowest BCUT2D eigenvalue weighted by Crippen LogP contribution is -2.29. The number of rotatable bonds is 2. The molecule has 0 bridgehead atoms. The first-order chi connectivity index (χ1) is 6.33. The Balaban J connectivity index is 2.79. The second-order valence-corrected chi connectivity index (χ2v) is 3.72. The second kappa shape index (κ2) is 3.48. The van der Waals surface area contributed by atoms with E-state index in [9.17, 15) is 21.6 Å². The lowest BCUT2D eigenvalue weighted by molar-refractivity contribution is -0.0525. The van der Waals surface area contributed by atoms with Crippen LogP contribution in [-0.2, 0) is 14.3 Å². The van der Waals surface area contributed by atoms with E-state index in [-0.39, 0.29) is 6.67 Å². The summed E-state index contributed by atoms with van der Waals surface area (Å²) in [4.78, 5) is 3.55. The van der Waals surface area contributed by atoms with E-state index >= 15 is 0 Å². The monoisotopic (exact) mass is 230 g/mol. The summed E-state index contributed by atoms with van der Waals surface area (Å²) in [6, 6.07) is 0. The number of allylic oxidation sites excluding steroid dienone is 1. The molecule has 0 aromatic heterocycles. The third-order valence-electron chi connectivity index (χ3n) is 1.16. The number of halogens is 3. The van der Waals surface area contributed by atoms with Crippen molar-refractivity contribution in [2.45, 2.75) is 5.51 Å². The zero-order valence-electron chi connectivity index (χ0n) is 6.58. The summed E-state index contributed by atoms with van der Waals surface area (Å²) >= 11 is 0. The SMILES string of the molecule is O=S(=O)(OC1=CC=NCN1)C(F)(F)F. The van der Waals surface area contributed by atoms with Crippen LogP contribution in [0.15, 0.2) is 17.0 Å². The van der Waals surface area contributed by atoms with Gasteiger partial charge in [0.15, 0.2) is 0 Å². The number of hydrogen-bond donors (Lipinski definition) is 1. The smallest absolute Gasteiger partial charge is 0.358 e. The van der Waals surface area contributed by atoms with Gasteiger partial charge in [-0.2, -0.15) is 21.6 Å². The molecule has 1 aliphatic rings. The summed E-state index contributed by atoms with van der Waals surface area (Å²) in [5, 5.41) is 2.21. The zero-order chi connectivity index (χ0) is 10.8. The van der Waals surface area contributed by atoms with E-state index < -0.39 is 21.5 Å². The fourth-order valence-electron chi connectivity index (χ4n) is 0.578. The lowest BCUT2D eigenvalue weighted by atomic mass is 10.6. The van der Waals surface area contributed by atoms with Gasteiger partial charge < -0.3 is 9.50 Å². The predicted molar refractivity (Wildman–Crippen MR) is 40.6 cm³/mol. The first-order valence-electron chi connectivity index (χ1n) is 3.28. The first-order valence-corrected chi connectivity index (χ1v) is 4.68. The molecule has 1 rings (SSSR count). The number of nitrogens with one attached hydrogen (secondary N) is 1. The maximum Gasteiger partial charge on any atom is 0.534 e. The summed E-state index contributed by atoms with van der Waals surface area (Å²) in [7, 11) is -5.59. The minimum absolute atomic E-state index is 0.0286. The van der Waals surface area contributed by atoms with Crippen molar-refractivity contribution in [3.63, 3.8) is 0 Å². The maximum absolute atomic E-state index is 11.8. The zero-order valence-corrected chi connectivity index (χ0v) is 7.39. The first kappa shape index (κ1) is 10.8. The molecule has 0 atom stereocenters. The quantitative estimate of drug-likeness (QED) is 0.548. The number of aliphatic imine (C=N–C) groups is 1. The molecule has 1 aliphatic heterocycles. The summed E-state index contributed by atoms with van der Waals surface area (Å²) in [5.74, 6) is -0.502. The molecular weight excluding hydrogens is 225 g/mol. The van der Waals surface area contributed by atoms with Crippen LogP contribution in [0.3, 0.4) is 0 Å². The fraction of sp³-hybridized carbons (Fsp3) is 0.400. The van der Waals surface area contributed by atoms with E-state index in [0.29, 0.717) is 0 Å². The fourth-order valence-corrected chi connectivity index (χ4v) is 1.02. The second-order valence-electron chi connectivity index (χ2n) is 2.18. The van der Waals surface area contributed by atoms with E-state index in [2.05, 4.69) is 14.5 Å². The maximum atomic E-state index is 11.8. The Morgan fingerprint density at radius 2 is 2.14 bits per heavy atom. The minimum Gasteiger partial charge on any atom is -0.358 e. The van der Waals surface area contributed by atoms with Gasteiger partial charge in [-0.3, -0.25) is 4.99 Å². The van der Waals surface area contributed by atoms with Gasteiger partial charge in [0, 0.05) is 12.3 Å². The number of hydrogen-bond acceptors (Lipinski definition) is 5. The minimum atomic E-state index is -5.59. The largest absolute Gasteiger partial charge is 0.534 e. The van der Waals surface area contributed by atoms with Gasteiger partial charge in [0.05, 0.1) is 0 Å². The highest BCUT2D eigenvalue weighted by molar-refractivity contribution is 7.87. The molecule has 1 N–H and O–H groups in total. The molecule has 14 heavy (non-hydrogen) atoms. The van der Waals surface area contributed by atoms with Gasteiger partial charge in [0.25, 0.3) is 0 Å². The number of nitrogens with zero attached hydrogens (tertiary/aromatic N) is 1. The van der Waals surface area contributed by atoms with E-state index in [1.54, 1.807) is 0 Å². The van der Waals surface area contributed by atoms with Crippen molar-refractivity contribution in [3.8, 4) is 0 Å². The van der Waals surface area contributed by atoms with E-state index in [1.807, 2.05) is 0 Å². The van der Waals surface area contributed by atoms with E-state index in [1.165, 1.54) is 0 Å². The van der Waals surface area contributed by atoms with Crippen molar-refractivity contribution in [1.29, 1.82) is 0 Å². The van der Waals surface area contributed by atoms with Gasteiger partial charge in [-0.1, -0.05) is 0 Å². The van der Waals surface area contributed by atoms with Crippen molar-refractivity contribution < 1.29 is 25.8 Å². The molecule has 80 valence electrons. The van der Waals surface area contributed by atoms with Crippen LogP contribution in [0, 0.1) is 0 Å². The van der Waals surface area contributed by atoms with Crippen molar-refractivity contribution in [1.82, 2.24) is 5.32 Å². The molecule has 0 fully saturated rings. The Labute approximate surface area is 77.4 Å². The van der Waals surface area contributed by atoms with Gasteiger partial charge in [0.2, 0.25) is 5.88 Å². The molecule has 0 aromatic carbocycles. The standard InChI is InChI=1S/C5H5F3N2O3S/c6-5(7,8)14(11,12)13-4-1-2-9-3-10-4/h1-2,10H,3H2. The molecule has 0 spiro atoms. The molecule has 9 heteroatoms. The van der Waals surface area contributed by atoms with Gasteiger partial charge in [-0.15, -0.1) is 0 Å². The van der Waals surface area contributed by atoms with Crippen molar-refractivity contribution in [2.24, 2.45) is 4.99 Å². The average molecular weight is 230 g/mol. The molecule has 1 heterocycles. The molecule has 0 saturated carbocycles. The van der Waals surface area contributed by atoms with Crippen LogP contribution in [-0.4, -0.2) is 26.8 Å². The topological polar surface area (TPSA) is 67.8 Å². The van der Waals surface area contributed by atoms with Crippen molar-refractivity contribution in [3.05, 3.63) is 12.0 Å². The molecular formula is C5H5F3N2O3S. The summed E-state index contributed by atoms with van der Waals surface area (Å²) in [6.07, 6.45) is 2.12. The Bertz CT molecular complexity index is 370. The van der Waals surface area contributed by atoms with E-state index in [0.717, 1.165) is 12.3 Å². The molecule has 0 aliphatic carbocycles. The third kappa shape index (κ3) is 2.37. The van der Waals surface area contributed by atoms with Crippen LogP contribution in [0.2, 0.25) is 0 Å². The summed E-state index contributed by atoms with van der Waals surface area (Å²) < 4.78 is 60.0. The van der Waals surface area contributed by atoms with E-state index in [4.69, 9.17) is 0 Å². The summed E-state index contributed by atoms with van der Waals surface area (Å²) in [5.41, 5.74) is -5.43. The van der Waals surface area contributed by atoms with Gasteiger partial charge in [-0.05, 0) is 0 Å². The molecule has 0 saturated heterocycles. The Morgan fingerprint density at radius 3 is 2.57 bits per heavy atom. The van der Waals surface area contributed by atoms with Crippen LogP contribution in [0.1, 0.15) is 0 Å². The summed E-state index contributed by atoms with van der Waals surface area (Å²) in [6.45, 7) is -0.0286. The Hall–Kier alpha value is -1.25. The molecule has 0 aromatic rings. The number of alkyl halides is 3. The van der Waals surface area contributed by atoms with Crippen molar-refractivity contribution in [2.75, 3.05) is 6.67 Å². The Kier molecular flexibility index (Phi) is 2.69. The average Bonchev–Trinajstić information content (AvgIpc) is 2.03. The van der Waals surface area contributed by atoms with Crippen LogP contribution >= 0.6 is 0 Å². The predicted octanol–water partition coefficient (Wildman–Crippen LogP) is 0.326.